The van der Waals surface area contributed by atoms with E-state index in [4.69, 9.17) is 0 Å². The number of fused-ring (bicyclic) bond motifs is 3. The number of nitrogens with zero attached hydrogens (tertiary/aromatic N) is 2. The van der Waals surface area contributed by atoms with Crippen LogP contribution in [0.1, 0.15) is 59.9 Å². The van der Waals surface area contributed by atoms with Crippen molar-refractivity contribution in [3.05, 3.63) is 88.6 Å². The van der Waals surface area contributed by atoms with Gasteiger partial charge in [0, 0.05) is 37.0 Å². The van der Waals surface area contributed by atoms with Gasteiger partial charge >= 0.3 is 0 Å². The van der Waals surface area contributed by atoms with Gasteiger partial charge in [-0.3, -0.25) is 14.4 Å². The van der Waals surface area contributed by atoms with Crippen molar-refractivity contribution in [1.82, 2.24) is 15.2 Å². The van der Waals surface area contributed by atoms with Crippen molar-refractivity contribution < 1.29 is 14.4 Å². The Kier molecular flexibility index (Phi) is 7.58. The van der Waals surface area contributed by atoms with E-state index in [-0.39, 0.29) is 24.3 Å². The molecule has 1 fully saturated rings. The van der Waals surface area contributed by atoms with Crippen LogP contribution < -0.4 is 16.0 Å². The van der Waals surface area contributed by atoms with Crippen molar-refractivity contribution in [2.75, 3.05) is 24.2 Å². The molecule has 1 unspecified atom stereocenters. The van der Waals surface area contributed by atoms with Gasteiger partial charge < -0.3 is 20.9 Å². The Morgan fingerprint density at radius 3 is 2.61 bits per heavy atom. The average molecular weight is 552 g/mol. The zero-order chi connectivity index (χ0) is 28.4. The van der Waals surface area contributed by atoms with Gasteiger partial charge in [-0.25, -0.2) is 4.98 Å². The SMILES string of the molecule is CNCc1ccccc1CN(CC(=O)Nc1ccc2c(c1)CC1(C2)C(=O)Nc2ncccc21)C(=O)CC1CCCC1. The summed E-state index contributed by atoms with van der Waals surface area (Å²) >= 11 is 0. The first-order chi connectivity index (χ1) is 19.9. The lowest BCUT2D eigenvalue weighted by atomic mass is 9.79. The fourth-order valence-electron chi connectivity index (χ4n) is 6.82. The number of hydrogen-bond donors (Lipinski definition) is 3. The van der Waals surface area contributed by atoms with Gasteiger partial charge in [-0.2, -0.15) is 0 Å². The summed E-state index contributed by atoms with van der Waals surface area (Å²) in [6, 6.07) is 17.8. The molecule has 6 rings (SSSR count). The third-order valence-corrected chi connectivity index (χ3v) is 8.94. The lowest BCUT2D eigenvalue weighted by molar-refractivity contribution is -0.136. The molecule has 3 N–H and O–H groups in total. The van der Waals surface area contributed by atoms with Crippen LogP contribution in [0.2, 0.25) is 0 Å². The van der Waals surface area contributed by atoms with Crippen molar-refractivity contribution in [3.8, 4) is 0 Å². The predicted octanol–water partition coefficient (Wildman–Crippen LogP) is 4.34. The van der Waals surface area contributed by atoms with Crippen LogP contribution in [-0.4, -0.2) is 41.2 Å². The van der Waals surface area contributed by atoms with Crippen molar-refractivity contribution in [2.24, 2.45) is 5.92 Å². The number of amides is 3. The molecular formula is C33H37N5O3. The molecule has 0 radical (unpaired) electrons. The first kappa shape index (κ1) is 27.1. The quantitative estimate of drug-likeness (QED) is 0.367. The zero-order valence-corrected chi connectivity index (χ0v) is 23.5. The van der Waals surface area contributed by atoms with E-state index in [1.165, 1.54) is 12.8 Å². The van der Waals surface area contributed by atoms with Crippen LogP contribution in [0.15, 0.2) is 60.8 Å². The summed E-state index contributed by atoms with van der Waals surface area (Å²) in [6.45, 7) is 1.08. The maximum Gasteiger partial charge on any atom is 0.244 e. The highest BCUT2D eigenvalue weighted by Gasteiger charge is 2.51. The van der Waals surface area contributed by atoms with E-state index in [1.54, 1.807) is 11.1 Å². The molecule has 8 heteroatoms. The number of pyridine rings is 1. The van der Waals surface area contributed by atoms with E-state index in [2.05, 4.69) is 27.0 Å². The predicted molar refractivity (Wildman–Crippen MR) is 158 cm³/mol. The minimum Gasteiger partial charge on any atom is -0.329 e. The molecule has 1 aromatic heterocycles. The summed E-state index contributed by atoms with van der Waals surface area (Å²) in [5.41, 5.74) is 5.26. The molecule has 8 nitrogen and oxygen atoms in total. The molecule has 2 heterocycles. The topological polar surface area (TPSA) is 103 Å². The molecule has 1 aliphatic heterocycles. The Morgan fingerprint density at radius 2 is 1.80 bits per heavy atom. The van der Waals surface area contributed by atoms with Gasteiger partial charge in [0.2, 0.25) is 17.7 Å². The highest BCUT2D eigenvalue weighted by Crippen LogP contribution is 2.47. The number of benzene rings is 2. The van der Waals surface area contributed by atoms with E-state index in [0.29, 0.717) is 49.8 Å². The molecule has 3 amide bonds. The third-order valence-electron chi connectivity index (χ3n) is 8.94. The highest BCUT2D eigenvalue weighted by atomic mass is 16.2. The molecule has 2 aromatic carbocycles. The van der Waals surface area contributed by atoms with Crippen LogP contribution in [0.3, 0.4) is 0 Å². The summed E-state index contributed by atoms with van der Waals surface area (Å²) in [5, 5.41) is 9.16. The van der Waals surface area contributed by atoms with Crippen LogP contribution >= 0.6 is 0 Å². The highest BCUT2D eigenvalue weighted by molar-refractivity contribution is 6.06. The average Bonchev–Trinajstić information content (AvgIpc) is 3.68. The number of carbonyl (C=O) groups is 3. The minimum atomic E-state index is -0.654. The van der Waals surface area contributed by atoms with E-state index >= 15 is 0 Å². The Labute approximate surface area is 240 Å². The van der Waals surface area contributed by atoms with E-state index in [0.717, 1.165) is 40.7 Å². The van der Waals surface area contributed by atoms with Crippen LogP contribution in [0.5, 0.6) is 0 Å². The number of rotatable bonds is 9. The van der Waals surface area contributed by atoms with Gasteiger partial charge in [-0.1, -0.05) is 49.2 Å². The van der Waals surface area contributed by atoms with Crippen molar-refractivity contribution >= 4 is 29.2 Å². The van der Waals surface area contributed by atoms with E-state index in [9.17, 15) is 14.4 Å². The number of anilines is 2. The zero-order valence-electron chi connectivity index (χ0n) is 23.5. The number of carbonyl (C=O) groups excluding carboxylic acids is 3. The van der Waals surface area contributed by atoms with Crippen molar-refractivity contribution in [2.45, 2.75) is 63.5 Å². The minimum absolute atomic E-state index is 0.0120. The fourth-order valence-corrected chi connectivity index (χ4v) is 6.82. The smallest absolute Gasteiger partial charge is 0.244 e. The van der Waals surface area contributed by atoms with Gasteiger partial charge in [-0.15, -0.1) is 0 Å². The largest absolute Gasteiger partial charge is 0.329 e. The van der Waals surface area contributed by atoms with Crippen molar-refractivity contribution in [1.29, 1.82) is 0 Å². The molecule has 1 atom stereocenters. The van der Waals surface area contributed by atoms with E-state index < -0.39 is 5.41 Å². The Bertz CT molecular complexity index is 1480. The molecule has 3 aliphatic rings. The normalized spacial score (nSPS) is 19.2. The van der Waals surface area contributed by atoms with Gasteiger partial charge in [0.15, 0.2) is 0 Å². The van der Waals surface area contributed by atoms with Crippen LogP contribution in [-0.2, 0) is 45.7 Å². The molecule has 3 aromatic rings. The summed E-state index contributed by atoms with van der Waals surface area (Å²) in [4.78, 5) is 45.9. The van der Waals surface area contributed by atoms with Gasteiger partial charge in [-0.05, 0) is 79.1 Å². The summed E-state index contributed by atoms with van der Waals surface area (Å²) in [5.74, 6) is 0.816. The van der Waals surface area contributed by atoms with Crippen molar-refractivity contribution in [3.63, 3.8) is 0 Å². The lowest BCUT2D eigenvalue weighted by Crippen LogP contribution is -2.38. The Hall–Kier alpha value is -4.04. The second-order valence-electron chi connectivity index (χ2n) is 11.7. The Balaban J connectivity index is 1.17. The standard InChI is InChI=1S/C33H37N5O3/c1-34-19-24-9-4-5-10-25(24)20-38(30(40)15-22-7-2-3-8-22)21-29(39)36-27-13-12-23-17-33(18-26(23)16-27)28-11-6-14-35-31(28)37-32(33)41/h4-6,9-14,16,22,34H,2-3,7-8,15,17-21H2,1H3,(H,36,39)(H,35,37,41). The van der Waals surface area contributed by atoms with Crippen LogP contribution in [0.4, 0.5) is 11.5 Å². The first-order valence-corrected chi connectivity index (χ1v) is 14.6. The third kappa shape index (κ3) is 5.48. The fraction of sp³-hybridized carbons (Fsp3) is 0.394. The number of nitrogens with one attached hydrogen (secondary N) is 3. The lowest BCUT2D eigenvalue weighted by Gasteiger charge is -2.25. The molecule has 1 saturated carbocycles. The summed E-state index contributed by atoms with van der Waals surface area (Å²) in [6.07, 6.45) is 7.85. The number of aromatic nitrogens is 1. The molecule has 0 bridgehead atoms. The van der Waals surface area contributed by atoms with Gasteiger partial charge in [0.1, 0.15) is 12.4 Å². The maximum absolute atomic E-state index is 13.5. The van der Waals surface area contributed by atoms with Gasteiger partial charge in [0.25, 0.3) is 0 Å². The first-order valence-electron chi connectivity index (χ1n) is 14.6. The monoisotopic (exact) mass is 551 g/mol. The molecular weight excluding hydrogens is 514 g/mol. The number of hydrogen-bond acceptors (Lipinski definition) is 5. The Morgan fingerprint density at radius 1 is 1.02 bits per heavy atom. The molecule has 41 heavy (non-hydrogen) atoms. The second-order valence-corrected chi connectivity index (χ2v) is 11.7. The summed E-state index contributed by atoms with van der Waals surface area (Å²) < 4.78 is 0. The second kappa shape index (κ2) is 11.4. The van der Waals surface area contributed by atoms with E-state index in [1.807, 2.05) is 55.6 Å². The van der Waals surface area contributed by atoms with Crippen LogP contribution in [0.25, 0.3) is 0 Å². The summed E-state index contributed by atoms with van der Waals surface area (Å²) in [7, 11) is 1.90. The maximum atomic E-state index is 13.5. The molecule has 1 spiro atoms. The molecule has 212 valence electrons. The van der Waals surface area contributed by atoms with Crippen LogP contribution in [0, 0.1) is 5.92 Å². The molecule has 0 saturated heterocycles. The molecule has 2 aliphatic carbocycles. The van der Waals surface area contributed by atoms with Gasteiger partial charge in [0.05, 0.1) is 5.41 Å².